The highest BCUT2D eigenvalue weighted by atomic mass is 16.3. The van der Waals surface area contributed by atoms with Crippen molar-refractivity contribution < 1.29 is 4.42 Å². The van der Waals surface area contributed by atoms with E-state index in [1.165, 1.54) is 21.9 Å². The molecule has 0 aliphatic rings. The van der Waals surface area contributed by atoms with Gasteiger partial charge in [-0.25, -0.2) is 9.97 Å². The molecule has 0 aliphatic heterocycles. The van der Waals surface area contributed by atoms with Crippen LogP contribution in [-0.2, 0) is 0 Å². The molecule has 4 nitrogen and oxygen atoms in total. The van der Waals surface area contributed by atoms with Crippen LogP contribution in [0.25, 0.3) is 105 Å². The van der Waals surface area contributed by atoms with Gasteiger partial charge in [-0.05, 0) is 58.7 Å². The minimum Gasteiger partial charge on any atom is -0.454 e. The normalized spacial score (nSPS) is 11.7. The minimum atomic E-state index is 0.656. The predicted octanol–water partition coefficient (Wildman–Crippen LogP) is 13.3. The van der Waals surface area contributed by atoms with Crippen molar-refractivity contribution >= 4 is 54.6 Å². The molecule has 54 heavy (non-hydrogen) atoms. The second-order valence-electron chi connectivity index (χ2n) is 13.7. The average molecular weight is 690 g/mol. The molecule has 11 aromatic rings. The number of rotatable bonds is 5. The molecule has 11 rings (SSSR count). The molecule has 0 N–H and O–H groups in total. The lowest BCUT2D eigenvalue weighted by molar-refractivity contribution is 0.666. The SMILES string of the molecule is c1ccc(-c2ccc(-c3nc(-c4cc(-c5ccccc5)cc5oc6c(-n7c8ccccc8c8ccccc87)cccc6c45)nc4ccccc34)cc2)cc1. The van der Waals surface area contributed by atoms with Crippen LogP contribution >= 0.6 is 0 Å². The Bertz CT molecular complexity index is 3140. The first-order chi connectivity index (χ1) is 26.8. The number of fused-ring (bicyclic) bond motifs is 7. The van der Waals surface area contributed by atoms with Crippen molar-refractivity contribution in [3.05, 3.63) is 188 Å². The molecule has 0 bridgehead atoms. The highest BCUT2D eigenvalue weighted by Crippen LogP contribution is 2.43. The Balaban J connectivity index is 1.18. The first kappa shape index (κ1) is 30.3. The van der Waals surface area contributed by atoms with Gasteiger partial charge < -0.3 is 8.98 Å². The second kappa shape index (κ2) is 12.1. The van der Waals surface area contributed by atoms with Crippen molar-refractivity contribution in [2.45, 2.75) is 0 Å². The van der Waals surface area contributed by atoms with E-state index in [9.17, 15) is 0 Å². The van der Waals surface area contributed by atoms with E-state index in [4.69, 9.17) is 14.4 Å². The van der Waals surface area contributed by atoms with Gasteiger partial charge >= 0.3 is 0 Å². The van der Waals surface area contributed by atoms with Gasteiger partial charge in [0.25, 0.3) is 0 Å². The Kier molecular flexibility index (Phi) is 6.82. The molecule has 0 radical (unpaired) electrons. The van der Waals surface area contributed by atoms with E-state index in [1.54, 1.807) is 0 Å². The van der Waals surface area contributed by atoms with Gasteiger partial charge in [0.05, 0.1) is 27.9 Å². The van der Waals surface area contributed by atoms with Crippen molar-refractivity contribution in [2.24, 2.45) is 0 Å². The van der Waals surface area contributed by atoms with Crippen LogP contribution < -0.4 is 0 Å². The Morgan fingerprint density at radius 2 is 0.963 bits per heavy atom. The lowest BCUT2D eigenvalue weighted by atomic mass is 9.97. The van der Waals surface area contributed by atoms with Gasteiger partial charge in [0.2, 0.25) is 0 Å². The quantitative estimate of drug-likeness (QED) is 0.181. The van der Waals surface area contributed by atoms with E-state index in [1.807, 2.05) is 18.2 Å². The molecular weight excluding hydrogens is 659 g/mol. The number of hydrogen-bond acceptors (Lipinski definition) is 3. The molecule has 0 amide bonds. The van der Waals surface area contributed by atoms with E-state index in [0.717, 1.165) is 77.5 Å². The van der Waals surface area contributed by atoms with Crippen molar-refractivity contribution in [1.29, 1.82) is 0 Å². The summed E-state index contributed by atoms with van der Waals surface area (Å²) >= 11 is 0. The van der Waals surface area contributed by atoms with Gasteiger partial charge in [-0.3, -0.25) is 0 Å². The number of benzene rings is 8. The average Bonchev–Trinajstić information content (AvgIpc) is 3.80. The lowest BCUT2D eigenvalue weighted by Gasteiger charge is -2.12. The maximum atomic E-state index is 7.01. The summed E-state index contributed by atoms with van der Waals surface area (Å²) < 4.78 is 9.34. The zero-order valence-electron chi connectivity index (χ0n) is 29.1. The standard InChI is InChI=1S/C50H31N3O/c1-3-14-32(15-4-1)34-26-28-35(29-27-34)48-39-20-7-10-22-42(39)51-50(52-48)41-30-36(33-16-5-2-6-17-33)31-46-47(41)40-21-13-25-45(49(40)54-46)53-43-23-11-8-18-37(43)38-19-9-12-24-44(38)53/h1-31H. The molecule has 0 fully saturated rings. The molecule has 8 aromatic carbocycles. The number of hydrogen-bond donors (Lipinski definition) is 0. The topological polar surface area (TPSA) is 43.9 Å². The maximum absolute atomic E-state index is 7.01. The monoisotopic (exact) mass is 689 g/mol. The van der Waals surface area contributed by atoms with E-state index in [0.29, 0.717) is 5.82 Å². The van der Waals surface area contributed by atoms with Crippen LogP contribution in [0.5, 0.6) is 0 Å². The Morgan fingerprint density at radius 1 is 0.407 bits per heavy atom. The number of furan rings is 1. The molecule has 0 atom stereocenters. The smallest absolute Gasteiger partial charge is 0.161 e. The van der Waals surface area contributed by atoms with E-state index in [2.05, 4.69) is 174 Å². The van der Waals surface area contributed by atoms with Gasteiger partial charge in [0.1, 0.15) is 5.58 Å². The fourth-order valence-electron chi connectivity index (χ4n) is 8.11. The summed E-state index contributed by atoms with van der Waals surface area (Å²) in [5, 5.41) is 5.44. The summed E-state index contributed by atoms with van der Waals surface area (Å²) in [6, 6.07) is 65.9. The molecule has 0 spiro atoms. The second-order valence-corrected chi connectivity index (χ2v) is 13.7. The number of nitrogens with zero attached hydrogens (tertiary/aromatic N) is 3. The van der Waals surface area contributed by atoms with Crippen LogP contribution in [0, 0.1) is 0 Å². The van der Waals surface area contributed by atoms with Crippen molar-refractivity contribution in [3.8, 4) is 50.6 Å². The molecule has 0 saturated carbocycles. The molecule has 4 heteroatoms. The molecular formula is C50H31N3O. The molecule has 3 heterocycles. The summed E-state index contributed by atoms with van der Waals surface area (Å²) in [5.74, 6) is 0.656. The van der Waals surface area contributed by atoms with Crippen LogP contribution in [0.4, 0.5) is 0 Å². The van der Waals surface area contributed by atoms with Gasteiger partial charge in [0, 0.05) is 38.1 Å². The third-order valence-electron chi connectivity index (χ3n) is 10.6. The lowest BCUT2D eigenvalue weighted by Crippen LogP contribution is -1.96. The minimum absolute atomic E-state index is 0.656. The van der Waals surface area contributed by atoms with Gasteiger partial charge in [-0.15, -0.1) is 0 Å². The largest absolute Gasteiger partial charge is 0.454 e. The summed E-state index contributed by atoms with van der Waals surface area (Å²) in [5.41, 5.74) is 13.1. The Morgan fingerprint density at radius 3 is 1.67 bits per heavy atom. The molecule has 0 unspecified atom stereocenters. The molecule has 0 saturated heterocycles. The van der Waals surface area contributed by atoms with Crippen LogP contribution in [-0.4, -0.2) is 14.5 Å². The Hall–Kier alpha value is -7.30. The summed E-state index contributed by atoms with van der Waals surface area (Å²) in [6.07, 6.45) is 0. The highest BCUT2D eigenvalue weighted by Gasteiger charge is 2.22. The van der Waals surface area contributed by atoms with Crippen molar-refractivity contribution in [2.75, 3.05) is 0 Å². The van der Waals surface area contributed by atoms with Gasteiger partial charge in [0.15, 0.2) is 11.4 Å². The summed E-state index contributed by atoms with van der Waals surface area (Å²) in [4.78, 5) is 10.7. The van der Waals surface area contributed by atoms with Crippen LogP contribution in [0.3, 0.4) is 0 Å². The highest BCUT2D eigenvalue weighted by molar-refractivity contribution is 6.17. The number of para-hydroxylation sites is 4. The zero-order chi connectivity index (χ0) is 35.6. The molecule has 0 aliphatic carbocycles. The molecule has 252 valence electrons. The van der Waals surface area contributed by atoms with Crippen molar-refractivity contribution in [1.82, 2.24) is 14.5 Å². The summed E-state index contributed by atoms with van der Waals surface area (Å²) in [6.45, 7) is 0. The summed E-state index contributed by atoms with van der Waals surface area (Å²) in [7, 11) is 0. The van der Waals surface area contributed by atoms with Gasteiger partial charge in [-0.1, -0.05) is 152 Å². The van der Waals surface area contributed by atoms with Gasteiger partial charge in [-0.2, -0.15) is 0 Å². The maximum Gasteiger partial charge on any atom is 0.161 e. The van der Waals surface area contributed by atoms with Crippen molar-refractivity contribution in [3.63, 3.8) is 0 Å². The first-order valence-electron chi connectivity index (χ1n) is 18.2. The third kappa shape index (κ3) is 4.78. The Labute approximate surface area is 311 Å². The van der Waals surface area contributed by atoms with Crippen LogP contribution in [0.2, 0.25) is 0 Å². The van der Waals surface area contributed by atoms with E-state index < -0.39 is 0 Å². The fraction of sp³-hybridized carbons (Fsp3) is 0. The number of aromatic nitrogens is 3. The van der Waals surface area contributed by atoms with Crippen LogP contribution in [0.1, 0.15) is 0 Å². The zero-order valence-corrected chi connectivity index (χ0v) is 29.1. The van der Waals surface area contributed by atoms with E-state index in [-0.39, 0.29) is 0 Å². The predicted molar refractivity (Wildman–Crippen MR) is 223 cm³/mol. The first-order valence-corrected chi connectivity index (χ1v) is 18.2. The third-order valence-corrected chi connectivity index (χ3v) is 10.6. The molecule has 3 aromatic heterocycles. The van der Waals surface area contributed by atoms with E-state index >= 15 is 0 Å². The fourth-order valence-corrected chi connectivity index (χ4v) is 8.11. The van der Waals surface area contributed by atoms with Crippen LogP contribution in [0.15, 0.2) is 192 Å².